The van der Waals surface area contributed by atoms with Gasteiger partial charge in [-0.25, -0.2) is 4.79 Å². The van der Waals surface area contributed by atoms with Crippen LogP contribution >= 0.6 is 0 Å². The molecule has 2 amide bonds. The van der Waals surface area contributed by atoms with Crippen LogP contribution in [-0.4, -0.2) is 17.6 Å². The highest BCUT2D eigenvalue weighted by Gasteiger charge is 2.18. The predicted molar refractivity (Wildman–Crippen MR) is 140 cm³/mol. The highest BCUT2D eigenvalue weighted by Crippen LogP contribution is 2.27. The summed E-state index contributed by atoms with van der Waals surface area (Å²) in [6, 6.07) is 29.6. The first-order chi connectivity index (χ1) is 16.8. The Kier molecular flexibility index (Phi) is 7.16. The number of nitrogens with one attached hydrogen (secondary N) is 2. The molecular formula is C30H30N2O3. The van der Waals surface area contributed by atoms with Crippen LogP contribution in [0.1, 0.15) is 42.3 Å². The molecule has 4 aromatic carbocycles. The zero-order chi connectivity index (χ0) is 24.8. The quantitative estimate of drug-likeness (QED) is 0.343. The van der Waals surface area contributed by atoms with E-state index in [0.29, 0.717) is 12.1 Å². The van der Waals surface area contributed by atoms with Gasteiger partial charge in [0.05, 0.1) is 0 Å². The number of carbonyl (C=O) groups is 2. The van der Waals surface area contributed by atoms with Gasteiger partial charge in [-0.1, -0.05) is 78.9 Å². The minimum absolute atomic E-state index is 0.149. The molecule has 0 spiro atoms. The highest BCUT2D eigenvalue weighted by molar-refractivity contribution is 6.01. The predicted octanol–water partition coefficient (Wildman–Crippen LogP) is 6.46. The van der Waals surface area contributed by atoms with Crippen molar-refractivity contribution in [1.82, 2.24) is 10.6 Å². The molecular weight excluding hydrogens is 436 g/mol. The fraction of sp³-hybridized carbons (Fsp3) is 0.200. The van der Waals surface area contributed by atoms with E-state index in [2.05, 4.69) is 34.9 Å². The van der Waals surface area contributed by atoms with Gasteiger partial charge in [0.1, 0.15) is 5.60 Å². The van der Waals surface area contributed by atoms with Gasteiger partial charge in [0, 0.05) is 18.7 Å². The lowest BCUT2D eigenvalue weighted by atomic mass is 9.95. The number of amides is 2. The molecule has 0 aliphatic carbocycles. The van der Waals surface area contributed by atoms with Crippen LogP contribution in [0.4, 0.5) is 4.79 Å². The molecule has 0 aliphatic rings. The molecule has 0 bridgehead atoms. The van der Waals surface area contributed by atoms with Crippen molar-refractivity contribution in [2.45, 2.75) is 39.5 Å². The number of hydrogen-bond acceptors (Lipinski definition) is 3. The second-order valence-electron chi connectivity index (χ2n) is 9.42. The molecule has 0 saturated heterocycles. The van der Waals surface area contributed by atoms with Gasteiger partial charge < -0.3 is 15.4 Å². The third-order valence-electron chi connectivity index (χ3n) is 5.57. The van der Waals surface area contributed by atoms with Gasteiger partial charge in [0.15, 0.2) is 0 Å². The van der Waals surface area contributed by atoms with Crippen molar-refractivity contribution in [3.05, 3.63) is 108 Å². The largest absolute Gasteiger partial charge is 0.444 e. The molecule has 0 aliphatic heterocycles. The Hall–Kier alpha value is -4.12. The van der Waals surface area contributed by atoms with E-state index < -0.39 is 11.7 Å². The maximum atomic E-state index is 13.2. The Morgan fingerprint density at radius 1 is 0.714 bits per heavy atom. The van der Waals surface area contributed by atoms with Gasteiger partial charge in [-0.05, 0) is 65.9 Å². The second kappa shape index (κ2) is 10.4. The monoisotopic (exact) mass is 466 g/mol. The van der Waals surface area contributed by atoms with Crippen molar-refractivity contribution >= 4 is 22.8 Å². The number of ether oxygens (including phenoxy) is 1. The third-order valence-corrected chi connectivity index (χ3v) is 5.57. The first kappa shape index (κ1) is 24.0. The van der Waals surface area contributed by atoms with Crippen LogP contribution in [0.2, 0.25) is 0 Å². The molecule has 5 nitrogen and oxygen atoms in total. The van der Waals surface area contributed by atoms with E-state index in [1.165, 1.54) is 5.39 Å². The average Bonchev–Trinajstić information content (AvgIpc) is 2.85. The SMILES string of the molecule is CC(C)(C)OC(=O)NCc1ccccc1-c1ccccc1C(=O)NCc1ccc2ccccc2c1. The first-order valence-electron chi connectivity index (χ1n) is 11.7. The summed E-state index contributed by atoms with van der Waals surface area (Å²) in [5.41, 5.74) is 3.65. The molecule has 2 N–H and O–H groups in total. The van der Waals surface area contributed by atoms with Crippen molar-refractivity contribution in [3.63, 3.8) is 0 Å². The molecule has 0 unspecified atom stereocenters. The first-order valence-corrected chi connectivity index (χ1v) is 11.7. The zero-order valence-corrected chi connectivity index (χ0v) is 20.3. The lowest BCUT2D eigenvalue weighted by Gasteiger charge is -2.20. The van der Waals surface area contributed by atoms with Crippen LogP contribution in [0.3, 0.4) is 0 Å². The summed E-state index contributed by atoms with van der Waals surface area (Å²) in [6.45, 7) is 6.20. The van der Waals surface area contributed by atoms with E-state index in [4.69, 9.17) is 4.74 Å². The van der Waals surface area contributed by atoms with Crippen LogP contribution in [0, 0.1) is 0 Å². The maximum absolute atomic E-state index is 13.2. The van der Waals surface area contributed by atoms with Crippen LogP contribution < -0.4 is 10.6 Å². The number of hydrogen-bond donors (Lipinski definition) is 2. The van der Waals surface area contributed by atoms with Gasteiger partial charge in [-0.15, -0.1) is 0 Å². The van der Waals surface area contributed by atoms with Crippen molar-refractivity contribution in [2.24, 2.45) is 0 Å². The van der Waals surface area contributed by atoms with Crippen LogP contribution in [0.5, 0.6) is 0 Å². The third kappa shape index (κ3) is 6.27. The average molecular weight is 467 g/mol. The summed E-state index contributed by atoms with van der Waals surface area (Å²) in [5.74, 6) is -0.149. The molecule has 35 heavy (non-hydrogen) atoms. The van der Waals surface area contributed by atoms with Crippen molar-refractivity contribution in [3.8, 4) is 11.1 Å². The van der Waals surface area contributed by atoms with E-state index in [-0.39, 0.29) is 12.5 Å². The molecule has 0 aromatic heterocycles. The molecule has 0 atom stereocenters. The Labute approximate surface area is 206 Å². The molecule has 0 fully saturated rings. The smallest absolute Gasteiger partial charge is 0.407 e. The maximum Gasteiger partial charge on any atom is 0.407 e. The summed E-state index contributed by atoms with van der Waals surface area (Å²) in [4.78, 5) is 25.4. The van der Waals surface area contributed by atoms with Crippen molar-refractivity contribution < 1.29 is 14.3 Å². The van der Waals surface area contributed by atoms with Crippen LogP contribution in [0.25, 0.3) is 21.9 Å². The van der Waals surface area contributed by atoms with E-state index in [1.807, 2.05) is 87.5 Å². The molecule has 0 saturated carbocycles. The van der Waals surface area contributed by atoms with Crippen molar-refractivity contribution in [1.29, 1.82) is 0 Å². The van der Waals surface area contributed by atoms with Gasteiger partial charge in [0.2, 0.25) is 0 Å². The van der Waals surface area contributed by atoms with E-state index in [9.17, 15) is 9.59 Å². The number of alkyl carbamates (subject to hydrolysis) is 1. The Morgan fingerprint density at radius 2 is 1.37 bits per heavy atom. The molecule has 0 radical (unpaired) electrons. The molecule has 5 heteroatoms. The number of carbonyl (C=O) groups excluding carboxylic acids is 2. The summed E-state index contributed by atoms with van der Waals surface area (Å²) >= 11 is 0. The summed E-state index contributed by atoms with van der Waals surface area (Å²) < 4.78 is 5.35. The number of fused-ring (bicyclic) bond motifs is 1. The summed E-state index contributed by atoms with van der Waals surface area (Å²) in [6.07, 6.45) is -0.478. The fourth-order valence-corrected chi connectivity index (χ4v) is 3.96. The van der Waals surface area contributed by atoms with Gasteiger partial charge in [-0.2, -0.15) is 0 Å². The van der Waals surface area contributed by atoms with Crippen molar-refractivity contribution in [2.75, 3.05) is 0 Å². The number of benzene rings is 4. The van der Waals surface area contributed by atoms with E-state index >= 15 is 0 Å². The molecule has 178 valence electrons. The lowest BCUT2D eigenvalue weighted by molar-refractivity contribution is 0.0523. The van der Waals surface area contributed by atoms with E-state index in [0.717, 1.165) is 27.6 Å². The van der Waals surface area contributed by atoms with E-state index in [1.54, 1.807) is 0 Å². The lowest BCUT2D eigenvalue weighted by Crippen LogP contribution is -2.32. The zero-order valence-electron chi connectivity index (χ0n) is 20.3. The van der Waals surface area contributed by atoms with Gasteiger partial charge in [0.25, 0.3) is 5.91 Å². The fourth-order valence-electron chi connectivity index (χ4n) is 3.96. The van der Waals surface area contributed by atoms with Gasteiger partial charge >= 0.3 is 6.09 Å². The minimum Gasteiger partial charge on any atom is -0.444 e. The molecule has 0 heterocycles. The standard InChI is InChI=1S/C30H30N2O3/c1-30(2,3)35-29(34)32-20-24-12-6-7-13-25(24)26-14-8-9-15-27(26)28(33)31-19-21-16-17-22-10-4-5-11-23(22)18-21/h4-18H,19-20H2,1-3H3,(H,31,33)(H,32,34). The Balaban J connectivity index is 1.51. The Morgan fingerprint density at radius 3 is 2.14 bits per heavy atom. The van der Waals surface area contributed by atoms with Gasteiger partial charge in [-0.3, -0.25) is 4.79 Å². The normalized spacial score (nSPS) is 11.2. The highest BCUT2D eigenvalue weighted by atomic mass is 16.6. The summed E-state index contributed by atoms with van der Waals surface area (Å²) in [5, 5.41) is 8.19. The topological polar surface area (TPSA) is 67.4 Å². The second-order valence-corrected chi connectivity index (χ2v) is 9.42. The minimum atomic E-state index is -0.570. The number of rotatable bonds is 6. The molecule has 4 aromatic rings. The summed E-state index contributed by atoms with van der Waals surface area (Å²) in [7, 11) is 0. The molecule has 4 rings (SSSR count). The van der Waals surface area contributed by atoms with Crippen LogP contribution in [-0.2, 0) is 17.8 Å². The van der Waals surface area contributed by atoms with Crippen LogP contribution in [0.15, 0.2) is 91.0 Å². The Bertz CT molecular complexity index is 1360.